The summed E-state index contributed by atoms with van der Waals surface area (Å²) in [6.07, 6.45) is 5.55. The van der Waals surface area contributed by atoms with Gasteiger partial charge in [0.05, 0.1) is 17.6 Å². The van der Waals surface area contributed by atoms with Gasteiger partial charge in [0.1, 0.15) is 0 Å². The molecule has 0 aromatic carbocycles. The molecule has 102 valence electrons. The lowest BCUT2D eigenvalue weighted by Gasteiger charge is -2.30. The average Bonchev–Trinajstić information content (AvgIpc) is 2.39. The molecule has 3 heteroatoms. The van der Waals surface area contributed by atoms with Crippen molar-refractivity contribution in [3.05, 3.63) is 24.0 Å². The van der Waals surface area contributed by atoms with Crippen molar-refractivity contribution < 1.29 is 0 Å². The minimum absolute atomic E-state index is 0.00624. The van der Waals surface area contributed by atoms with Gasteiger partial charge in [-0.1, -0.05) is 20.3 Å². The number of anilines is 1. The fraction of sp³-hybridized carbons (Fsp3) is 0.667. The molecule has 0 aliphatic heterocycles. The van der Waals surface area contributed by atoms with E-state index in [-0.39, 0.29) is 6.04 Å². The van der Waals surface area contributed by atoms with Crippen LogP contribution in [0.25, 0.3) is 0 Å². The lowest BCUT2D eigenvalue weighted by atomic mass is 10.1. The number of rotatable bonds is 7. The van der Waals surface area contributed by atoms with Crippen molar-refractivity contribution in [1.82, 2.24) is 4.98 Å². The molecule has 2 N–H and O–H groups in total. The molecule has 0 aliphatic rings. The van der Waals surface area contributed by atoms with Gasteiger partial charge < -0.3 is 10.6 Å². The van der Waals surface area contributed by atoms with Gasteiger partial charge in [0.2, 0.25) is 0 Å². The highest BCUT2D eigenvalue weighted by atomic mass is 15.2. The van der Waals surface area contributed by atoms with Crippen LogP contribution < -0.4 is 10.6 Å². The number of nitrogens with two attached hydrogens (primary N) is 1. The summed E-state index contributed by atoms with van der Waals surface area (Å²) in [5.74, 6) is 0. The van der Waals surface area contributed by atoms with Gasteiger partial charge in [-0.25, -0.2) is 0 Å². The molecule has 3 nitrogen and oxygen atoms in total. The Morgan fingerprint density at radius 3 is 2.44 bits per heavy atom. The Balaban J connectivity index is 2.83. The zero-order valence-electron chi connectivity index (χ0n) is 12.2. The summed E-state index contributed by atoms with van der Waals surface area (Å²) >= 11 is 0. The maximum absolute atomic E-state index is 5.83. The summed E-state index contributed by atoms with van der Waals surface area (Å²) in [6, 6.07) is 4.75. The Morgan fingerprint density at radius 2 is 2.00 bits per heavy atom. The molecule has 1 aromatic heterocycles. The van der Waals surface area contributed by atoms with Gasteiger partial charge in [0.15, 0.2) is 0 Å². The van der Waals surface area contributed by atoms with Gasteiger partial charge in [-0.3, -0.25) is 4.98 Å². The van der Waals surface area contributed by atoms with Gasteiger partial charge >= 0.3 is 0 Å². The van der Waals surface area contributed by atoms with E-state index in [1.807, 2.05) is 19.2 Å². The largest absolute Gasteiger partial charge is 0.368 e. The minimum atomic E-state index is 0.00624. The van der Waals surface area contributed by atoms with Gasteiger partial charge in [-0.2, -0.15) is 0 Å². The fourth-order valence-corrected chi connectivity index (χ4v) is 1.99. The van der Waals surface area contributed by atoms with E-state index < -0.39 is 0 Å². The maximum atomic E-state index is 5.83. The van der Waals surface area contributed by atoms with Crippen LogP contribution in [-0.4, -0.2) is 17.6 Å². The number of aromatic nitrogens is 1. The molecule has 0 bridgehead atoms. The standard InChI is InChI=1S/C15H27N3/c1-5-7-10-18(12(3)6-2)14-8-9-15(13(4)16)17-11-14/h8-9,11-13H,5-7,10,16H2,1-4H3. The van der Waals surface area contributed by atoms with E-state index in [1.165, 1.54) is 18.5 Å². The quantitative estimate of drug-likeness (QED) is 0.804. The first-order valence-electron chi connectivity index (χ1n) is 7.08. The molecule has 1 rings (SSSR count). The second-order valence-corrected chi connectivity index (χ2v) is 5.03. The summed E-state index contributed by atoms with van der Waals surface area (Å²) in [6.45, 7) is 9.80. The maximum Gasteiger partial charge on any atom is 0.0569 e. The SMILES string of the molecule is CCCCN(c1ccc(C(C)N)nc1)C(C)CC. The highest BCUT2D eigenvalue weighted by Crippen LogP contribution is 2.20. The topological polar surface area (TPSA) is 42.1 Å². The molecular formula is C15H27N3. The van der Waals surface area contributed by atoms with Crippen LogP contribution in [0.15, 0.2) is 18.3 Å². The Labute approximate surface area is 111 Å². The second-order valence-electron chi connectivity index (χ2n) is 5.03. The molecule has 1 aromatic rings. The van der Waals surface area contributed by atoms with E-state index in [2.05, 4.69) is 36.7 Å². The van der Waals surface area contributed by atoms with Crippen molar-refractivity contribution in [2.24, 2.45) is 5.73 Å². The van der Waals surface area contributed by atoms with Crippen molar-refractivity contribution in [3.8, 4) is 0 Å². The van der Waals surface area contributed by atoms with Crippen LogP contribution in [0.3, 0.4) is 0 Å². The summed E-state index contributed by atoms with van der Waals surface area (Å²) < 4.78 is 0. The number of nitrogens with zero attached hydrogens (tertiary/aromatic N) is 2. The molecule has 0 amide bonds. The van der Waals surface area contributed by atoms with Crippen molar-refractivity contribution >= 4 is 5.69 Å². The van der Waals surface area contributed by atoms with E-state index >= 15 is 0 Å². The van der Waals surface area contributed by atoms with Gasteiger partial charge in [0.25, 0.3) is 0 Å². The molecule has 0 aliphatic carbocycles. The van der Waals surface area contributed by atoms with E-state index in [0.29, 0.717) is 6.04 Å². The predicted octanol–water partition coefficient (Wildman–Crippen LogP) is 3.51. The van der Waals surface area contributed by atoms with Crippen LogP contribution in [0.5, 0.6) is 0 Å². The van der Waals surface area contributed by atoms with Crippen LogP contribution in [-0.2, 0) is 0 Å². The third kappa shape index (κ3) is 3.98. The fourth-order valence-electron chi connectivity index (χ4n) is 1.99. The Morgan fingerprint density at radius 1 is 1.28 bits per heavy atom. The third-order valence-electron chi connectivity index (χ3n) is 3.44. The van der Waals surface area contributed by atoms with Crippen molar-refractivity contribution in [3.63, 3.8) is 0 Å². The molecule has 1 heterocycles. The van der Waals surface area contributed by atoms with Gasteiger partial charge in [-0.05, 0) is 38.8 Å². The molecule has 2 atom stereocenters. The minimum Gasteiger partial charge on any atom is -0.368 e. The highest BCUT2D eigenvalue weighted by molar-refractivity contribution is 5.45. The molecule has 0 saturated heterocycles. The molecule has 0 radical (unpaired) electrons. The molecule has 0 spiro atoms. The average molecular weight is 249 g/mol. The van der Waals surface area contributed by atoms with Gasteiger partial charge in [-0.15, -0.1) is 0 Å². The van der Waals surface area contributed by atoms with Crippen LogP contribution in [0, 0.1) is 0 Å². The summed E-state index contributed by atoms with van der Waals surface area (Å²) in [7, 11) is 0. The van der Waals surface area contributed by atoms with Crippen molar-refractivity contribution in [2.75, 3.05) is 11.4 Å². The molecular weight excluding hydrogens is 222 g/mol. The predicted molar refractivity (Wildman–Crippen MR) is 78.8 cm³/mol. The summed E-state index contributed by atoms with van der Waals surface area (Å²) in [4.78, 5) is 6.90. The lowest BCUT2D eigenvalue weighted by molar-refractivity contribution is 0.594. The van der Waals surface area contributed by atoms with E-state index in [4.69, 9.17) is 5.73 Å². The monoisotopic (exact) mass is 249 g/mol. The summed E-state index contributed by atoms with van der Waals surface area (Å²) in [5, 5.41) is 0. The van der Waals surface area contributed by atoms with Crippen molar-refractivity contribution in [1.29, 1.82) is 0 Å². The van der Waals surface area contributed by atoms with Crippen LogP contribution in [0.2, 0.25) is 0 Å². The Hall–Kier alpha value is -1.09. The van der Waals surface area contributed by atoms with E-state index in [0.717, 1.165) is 18.7 Å². The summed E-state index contributed by atoms with van der Waals surface area (Å²) in [5.41, 5.74) is 8.00. The number of hydrogen-bond donors (Lipinski definition) is 1. The third-order valence-corrected chi connectivity index (χ3v) is 3.44. The highest BCUT2D eigenvalue weighted by Gasteiger charge is 2.13. The zero-order chi connectivity index (χ0) is 13.5. The molecule has 0 fully saturated rings. The Kier molecular flexibility index (Phi) is 6.13. The second kappa shape index (κ2) is 7.37. The first-order chi connectivity index (χ1) is 8.60. The number of hydrogen-bond acceptors (Lipinski definition) is 3. The van der Waals surface area contributed by atoms with E-state index in [9.17, 15) is 0 Å². The first-order valence-corrected chi connectivity index (χ1v) is 7.08. The number of pyridine rings is 1. The van der Waals surface area contributed by atoms with Crippen LogP contribution in [0.4, 0.5) is 5.69 Å². The number of unbranched alkanes of at least 4 members (excludes halogenated alkanes) is 1. The molecule has 18 heavy (non-hydrogen) atoms. The van der Waals surface area contributed by atoms with Crippen LogP contribution in [0.1, 0.15) is 58.7 Å². The normalized spacial score (nSPS) is 14.3. The first kappa shape index (κ1) is 15.0. The lowest BCUT2D eigenvalue weighted by Crippen LogP contribution is -2.33. The molecule has 2 unspecified atom stereocenters. The Bertz CT molecular complexity index is 332. The van der Waals surface area contributed by atoms with Crippen LogP contribution >= 0.6 is 0 Å². The van der Waals surface area contributed by atoms with Gasteiger partial charge in [0, 0.05) is 18.6 Å². The zero-order valence-corrected chi connectivity index (χ0v) is 12.2. The van der Waals surface area contributed by atoms with Crippen molar-refractivity contribution in [2.45, 2.75) is 59.0 Å². The smallest absolute Gasteiger partial charge is 0.0569 e. The molecule has 0 saturated carbocycles. The van der Waals surface area contributed by atoms with E-state index in [1.54, 1.807) is 0 Å².